The summed E-state index contributed by atoms with van der Waals surface area (Å²) in [6.07, 6.45) is 0. The van der Waals surface area contributed by atoms with Crippen molar-refractivity contribution in [1.29, 1.82) is 0 Å². The van der Waals surface area contributed by atoms with E-state index in [0.29, 0.717) is 11.3 Å². The van der Waals surface area contributed by atoms with E-state index in [1.54, 1.807) is 11.8 Å². The lowest BCUT2D eigenvalue weighted by Crippen LogP contribution is -2.44. The molecule has 0 radical (unpaired) electrons. The van der Waals surface area contributed by atoms with Gasteiger partial charge in [0.15, 0.2) is 0 Å². The topological polar surface area (TPSA) is 49.4 Å². The summed E-state index contributed by atoms with van der Waals surface area (Å²) in [5, 5.41) is 4.79. The van der Waals surface area contributed by atoms with Gasteiger partial charge in [0.1, 0.15) is 6.04 Å². The second kappa shape index (κ2) is 6.01. The highest BCUT2D eigenvalue weighted by Crippen LogP contribution is 2.38. The van der Waals surface area contributed by atoms with Crippen LogP contribution in [-0.4, -0.2) is 17.9 Å². The molecule has 0 aliphatic carbocycles. The maximum atomic E-state index is 12.9. The average molecular weight is 395 g/mol. The summed E-state index contributed by atoms with van der Waals surface area (Å²) in [5.41, 5.74) is 2.12. The molecule has 25 heavy (non-hydrogen) atoms. The molecule has 0 bridgehead atoms. The highest BCUT2D eigenvalue weighted by atomic mass is 79.9. The zero-order valence-corrected chi connectivity index (χ0v) is 15.1. The first-order chi connectivity index (χ1) is 12.1. The molecular weight excluding hydrogens is 380 g/mol. The van der Waals surface area contributed by atoms with E-state index in [9.17, 15) is 9.59 Å². The van der Waals surface area contributed by atoms with E-state index in [1.165, 1.54) is 0 Å². The SMILES string of the molecule is CC(C(=O)Nc1cccc(Br)c1)N1C(=O)c2cccc3cccc1c23. The van der Waals surface area contributed by atoms with Crippen LogP contribution < -0.4 is 10.2 Å². The number of rotatable bonds is 3. The fraction of sp³-hybridized carbons (Fsp3) is 0.100. The van der Waals surface area contributed by atoms with Gasteiger partial charge in [0.2, 0.25) is 5.91 Å². The molecular formula is C20H15BrN2O2. The summed E-state index contributed by atoms with van der Waals surface area (Å²) >= 11 is 3.39. The quantitative estimate of drug-likeness (QED) is 0.705. The van der Waals surface area contributed by atoms with Gasteiger partial charge in [0.25, 0.3) is 5.91 Å². The Hall–Kier alpha value is -2.66. The minimum atomic E-state index is -0.621. The molecule has 3 aromatic rings. The zero-order chi connectivity index (χ0) is 17.6. The zero-order valence-electron chi connectivity index (χ0n) is 13.5. The van der Waals surface area contributed by atoms with Crippen molar-refractivity contribution in [1.82, 2.24) is 0 Å². The van der Waals surface area contributed by atoms with Gasteiger partial charge in [0, 0.05) is 21.1 Å². The van der Waals surface area contributed by atoms with E-state index >= 15 is 0 Å². The lowest BCUT2D eigenvalue weighted by Gasteiger charge is -2.24. The molecule has 4 rings (SSSR count). The summed E-state index contributed by atoms with van der Waals surface area (Å²) in [7, 11) is 0. The molecule has 2 amide bonds. The fourth-order valence-corrected chi connectivity index (χ4v) is 3.65. The van der Waals surface area contributed by atoms with E-state index in [-0.39, 0.29) is 11.8 Å². The molecule has 0 saturated heterocycles. The van der Waals surface area contributed by atoms with Crippen LogP contribution in [0.15, 0.2) is 65.1 Å². The third-order valence-electron chi connectivity index (χ3n) is 4.45. The summed E-state index contributed by atoms with van der Waals surface area (Å²) in [5.74, 6) is -0.361. The summed E-state index contributed by atoms with van der Waals surface area (Å²) < 4.78 is 0.882. The number of benzene rings is 3. The molecule has 0 fully saturated rings. The number of halogens is 1. The van der Waals surface area contributed by atoms with Gasteiger partial charge < -0.3 is 5.32 Å². The van der Waals surface area contributed by atoms with Crippen molar-refractivity contribution in [2.24, 2.45) is 0 Å². The molecule has 0 aromatic heterocycles. The summed E-state index contributed by atoms with van der Waals surface area (Å²) in [6, 6.07) is 18.2. The predicted octanol–water partition coefficient (Wildman–Crippen LogP) is 4.59. The van der Waals surface area contributed by atoms with E-state index in [1.807, 2.05) is 60.7 Å². The van der Waals surface area contributed by atoms with Crippen LogP contribution >= 0.6 is 15.9 Å². The van der Waals surface area contributed by atoms with Crippen LogP contribution in [0.4, 0.5) is 11.4 Å². The smallest absolute Gasteiger partial charge is 0.259 e. The molecule has 4 nitrogen and oxygen atoms in total. The van der Waals surface area contributed by atoms with Gasteiger partial charge >= 0.3 is 0 Å². The number of carbonyl (C=O) groups is 2. The maximum absolute atomic E-state index is 12.9. The Bertz CT molecular complexity index is 1010. The van der Waals surface area contributed by atoms with Crippen molar-refractivity contribution in [3.8, 4) is 0 Å². The number of anilines is 2. The molecule has 1 heterocycles. The first kappa shape index (κ1) is 15.8. The van der Waals surface area contributed by atoms with Crippen molar-refractivity contribution < 1.29 is 9.59 Å². The largest absolute Gasteiger partial charge is 0.324 e. The molecule has 1 unspecified atom stereocenters. The molecule has 1 aliphatic heterocycles. The second-order valence-corrected chi connectivity index (χ2v) is 6.95. The Morgan fingerprint density at radius 1 is 1.08 bits per heavy atom. The predicted molar refractivity (Wildman–Crippen MR) is 103 cm³/mol. The summed E-state index contributed by atoms with van der Waals surface area (Å²) in [6.45, 7) is 1.75. The van der Waals surface area contributed by atoms with Crippen LogP contribution in [0.1, 0.15) is 17.3 Å². The Labute approximate surface area is 153 Å². The third-order valence-corrected chi connectivity index (χ3v) is 4.94. The van der Waals surface area contributed by atoms with E-state index in [4.69, 9.17) is 0 Å². The van der Waals surface area contributed by atoms with Crippen LogP contribution in [0.3, 0.4) is 0 Å². The minimum Gasteiger partial charge on any atom is -0.324 e. The van der Waals surface area contributed by atoms with Crippen molar-refractivity contribution in [3.63, 3.8) is 0 Å². The molecule has 1 N–H and O–H groups in total. The van der Waals surface area contributed by atoms with Crippen LogP contribution in [0.25, 0.3) is 10.8 Å². The van der Waals surface area contributed by atoms with Gasteiger partial charge in [0.05, 0.1) is 5.69 Å². The molecule has 0 spiro atoms. The van der Waals surface area contributed by atoms with Crippen molar-refractivity contribution in [2.45, 2.75) is 13.0 Å². The number of carbonyl (C=O) groups excluding carboxylic acids is 2. The van der Waals surface area contributed by atoms with Crippen molar-refractivity contribution >= 4 is 49.9 Å². The molecule has 1 atom stereocenters. The monoisotopic (exact) mass is 394 g/mol. The average Bonchev–Trinajstić information content (AvgIpc) is 2.89. The van der Waals surface area contributed by atoms with E-state index in [2.05, 4.69) is 21.2 Å². The Morgan fingerprint density at radius 2 is 1.80 bits per heavy atom. The maximum Gasteiger partial charge on any atom is 0.259 e. The minimum absolute atomic E-state index is 0.135. The standard InChI is InChI=1S/C20H15BrN2O2/c1-12(19(24)22-15-8-4-7-14(21)11-15)23-17-10-3-6-13-5-2-9-16(18(13)17)20(23)25/h2-12H,1H3,(H,22,24). The third kappa shape index (κ3) is 2.61. The molecule has 0 saturated carbocycles. The highest BCUT2D eigenvalue weighted by molar-refractivity contribution is 9.10. The summed E-state index contributed by atoms with van der Waals surface area (Å²) in [4.78, 5) is 27.1. The van der Waals surface area contributed by atoms with E-state index < -0.39 is 6.04 Å². The van der Waals surface area contributed by atoms with Crippen molar-refractivity contribution in [3.05, 3.63) is 70.7 Å². The number of amides is 2. The lowest BCUT2D eigenvalue weighted by molar-refractivity contribution is -0.117. The van der Waals surface area contributed by atoms with Gasteiger partial charge in [-0.1, -0.05) is 46.3 Å². The van der Waals surface area contributed by atoms with Crippen LogP contribution in [0.2, 0.25) is 0 Å². The van der Waals surface area contributed by atoms with Gasteiger partial charge in [-0.3, -0.25) is 14.5 Å². The number of hydrogen-bond acceptors (Lipinski definition) is 2. The van der Waals surface area contributed by atoms with Crippen LogP contribution in [0.5, 0.6) is 0 Å². The van der Waals surface area contributed by atoms with Crippen LogP contribution in [-0.2, 0) is 4.79 Å². The molecule has 3 aromatic carbocycles. The molecule has 1 aliphatic rings. The first-order valence-electron chi connectivity index (χ1n) is 7.98. The van der Waals surface area contributed by atoms with Gasteiger partial charge in [-0.25, -0.2) is 0 Å². The highest BCUT2D eigenvalue weighted by Gasteiger charge is 2.35. The fourth-order valence-electron chi connectivity index (χ4n) is 3.25. The number of hydrogen-bond donors (Lipinski definition) is 1. The lowest BCUT2D eigenvalue weighted by atomic mass is 10.1. The van der Waals surface area contributed by atoms with Gasteiger partial charge in [-0.15, -0.1) is 0 Å². The number of nitrogens with zero attached hydrogens (tertiary/aromatic N) is 1. The first-order valence-corrected chi connectivity index (χ1v) is 8.77. The molecule has 5 heteroatoms. The number of nitrogens with one attached hydrogen (secondary N) is 1. The van der Waals surface area contributed by atoms with Gasteiger partial charge in [-0.05, 0) is 42.6 Å². The van der Waals surface area contributed by atoms with Gasteiger partial charge in [-0.2, -0.15) is 0 Å². The van der Waals surface area contributed by atoms with E-state index in [0.717, 1.165) is 20.9 Å². The Kier molecular flexibility index (Phi) is 3.81. The molecule has 124 valence electrons. The normalized spacial score (nSPS) is 14.0. The Balaban J connectivity index is 1.67. The van der Waals surface area contributed by atoms with Crippen LogP contribution in [0, 0.1) is 0 Å². The van der Waals surface area contributed by atoms with Crippen molar-refractivity contribution in [2.75, 3.05) is 10.2 Å². The Morgan fingerprint density at radius 3 is 2.56 bits per heavy atom. The second-order valence-electron chi connectivity index (χ2n) is 6.03.